The summed E-state index contributed by atoms with van der Waals surface area (Å²) in [5.74, 6) is 0.727. The number of anilines is 1. The Bertz CT molecular complexity index is 502. The minimum absolute atomic E-state index is 0.0423. The van der Waals surface area contributed by atoms with E-state index in [4.69, 9.17) is 4.98 Å². The number of aromatic nitrogens is 2. The molecule has 1 rings (SSSR count). The van der Waals surface area contributed by atoms with Gasteiger partial charge in [-0.25, -0.2) is 9.97 Å². The minimum Gasteiger partial charge on any atom is -0.278 e. The summed E-state index contributed by atoms with van der Waals surface area (Å²) < 4.78 is 0. The monoisotopic (exact) mass is 333 g/mol. The summed E-state index contributed by atoms with van der Waals surface area (Å²) in [5, 5.41) is 0. The molecule has 4 heteroatoms. The van der Waals surface area contributed by atoms with Crippen molar-refractivity contribution in [3.8, 4) is 0 Å². The fourth-order valence-corrected chi connectivity index (χ4v) is 2.98. The van der Waals surface area contributed by atoms with Gasteiger partial charge < -0.3 is 0 Å². The first kappa shape index (κ1) is 20.6. The van der Waals surface area contributed by atoms with Crippen LogP contribution in [0.25, 0.3) is 0 Å². The van der Waals surface area contributed by atoms with Crippen molar-refractivity contribution >= 4 is 11.9 Å². The van der Waals surface area contributed by atoms with Gasteiger partial charge >= 0.3 is 0 Å². The maximum Gasteiger partial charge on any atom is 0.232 e. The molecule has 0 aliphatic rings. The van der Waals surface area contributed by atoms with Crippen LogP contribution in [0, 0.1) is 5.41 Å². The van der Waals surface area contributed by atoms with Crippen LogP contribution in [0.1, 0.15) is 85.8 Å². The summed E-state index contributed by atoms with van der Waals surface area (Å²) in [6.07, 6.45) is 8.36. The Balaban J connectivity index is 3.20. The van der Waals surface area contributed by atoms with Crippen molar-refractivity contribution in [2.75, 3.05) is 4.90 Å². The zero-order valence-electron chi connectivity index (χ0n) is 16.4. The van der Waals surface area contributed by atoms with Crippen LogP contribution in [0.15, 0.2) is 12.3 Å². The normalized spacial score (nSPS) is 11.8. The number of amides is 1. The van der Waals surface area contributed by atoms with Gasteiger partial charge in [0.25, 0.3) is 0 Å². The van der Waals surface area contributed by atoms with Crippen LogP contribution in [0.4, 0.5) is 5.95 Å². The van der Waals surface area contributed by atoms with Gasteiger partial charge in [0, 0.05) is 24.4 Å². The van der Waals surface area contributed by atoms with Crippen LogP contribution in [0.3, 0.4) is 0 Å². The topological polar surface area (TPSA) is 46.1 Å². The largest absolute Gasteiger partial charge is 0.278 e. The molecule has 0 aliphatic heterocycles. The van der Waals surface area contributed by atoms with Crippen molar-refractivity contribution in [1.82, 2.24) is 9.97 Å². The molecule has 24 heavy (non-hydrogen) atoms. The number of carbonyl (C=O) groups excluding carboxylic acids is 1. The van der Waals surface area contributed by atoms with Gasteiger partial charge in [-0.05, 0) is 30.7 Å². The lowest BCUT2D eigenvalue weighted by atomic mass is 9.91. The van der Waals surface area contributed by atoms with Gasteiger partial charge in [-0.1, -0.05) is 60.8 Å². The van der Waals surface area contributed by atoms with Gasteiger partial charge in [-0.3, -0.25) is 9.69 Å². The first-order valence-electron chi connectivity index (χ1n) is 9.46. The Morgan fingerprint density at radius 3 is 2.25 bits per heavy atom. The molecular weight excluding hydrogens is 298 g/mol. The predicted octanol–water partition coefficient (Wildman–Crippen LogP) is 5.17. The fourth-order valence-electron chi connectivity index (χ4n) is 2.98. The molecule has 0 fully saturated rings. The third kappa shape index (κ3) is 6.58. The molecule has 0 aliphatic carbocycles. The summed E-state index contributed by atoms with van der Waals surface area (Å²) in [7, 11) is 0. The van der Waals surface area contributed by atoms with Crippen LogP contribution in [-0.4, -0.2) is 21.9 Å². The molecule has 4 nitrogen and oxygen atoms in total. The molecule has 0 unspecified atom stereocenters. The molecule has 1 aromatic rings. The van der Waals surface area contributed by atoms with E-state index in [9.17, 15) is 4.79 Å². The molecule has 0 N–H and O–H groups in total. The molecule has 0 bridgehead atoms. The third-order valence-corrected chi connectivity index (χ3v) is 3.98. The molecular formula is C20H35N3O. The number of aryl methyl sites for hydroxylation is 1. The quantitative estimate of drug-likeness (QED) is 0.626. The summed E-state index contributed by atoms with van der Waals surface area (Å²) >= 11 is 0. The van der Waals surface area contributed by atoms with E-state index in [0.717, 1.165) is 44.2 Å². The number of nitrogens with zero attached hydrogens (tertiary/aromatic N) is 3. The Morgan fingerprint density at radius 1 is 1.12 bits per heavy atom. The Hall–Kier alpha value is -1.45. The molecule has 0 spiro atoms. The molecule has 1 aromatic heterocycles. The average Bonchev–Trinajstić information content (AvgIpc) is 2.47. The molecule has 0 radical (unpaired) electrons. The highest BCUT2D eigenvalue weighted by atomic mass is 16.2. The summed E-state index contributed by atoms with van der Waals surface area (Å²) in [4.78, 5) is 24.1. The van der Waals surface area contributed by atoms with Crippen molar-refractivity contribution in [3.63, 3.8) is 0 Å². The maximum atomic E-state index is 13.1. The Morgan fingerprint density at radius 2 is 1.75 bits per heavy atom. The minimum atomic E-state index is -0.0423. The number of rotatable bonds is 9. The molecule has 0 saturated carbocycles. The van der Waals surface area contributed by atoms with Crippen LogP contribution >= 0.6 is 0 Å². The fraction of sp³-hybridized carbons (Fsp3) is 0.750. The SMILES string of the molecule is CCCc1ccnc(N(C(=O)CC(C)(C)C)C(CCC)CCC)n1. The lowest BCUT2D eigenvalue weighted by molar-refractivity contribution is -0.120. The van der Waals surface area contributed by atoms with Crippen molar-refractivity contribution in [3.05, 3.63) is 18.0 Å². The number of hydrogen-bond acceptors (Lipinski definition) is 3. The highest BCUT2D eigenvalue weighted by Gasteiger charge is 2.29. The first-order valence-corrected chi connectivity index (χ1v) is 9.46. The molecule has 0 atom stereocenters. The van der Waals surface area contributed by atoms with Crippen molar-refractivity contribution in [2.24, 2.45) is 5.41 Å². The van der Waals surface area contributed by atoms with Crippen molar-refractivity contribution < 1.29 is 4.79 Å². The zero-order chi connectivity index (χ0) is 18.2. The van der Waals surface area contributed by atoms with E-state index in [1.165, 1.54) is 0 Å². The Kier molecular flexibility index (Phi) is 8.37. The Labute approximate surface area is 148 Å². The van der Waals surface area contributed by atoms with E-state index in [1.54, 1.807) is 6.20 Å². The number of carbonyl (C=O) groups is 1. The standard InChI is InChI=1S/C20H35N3O/c1-7-10-16-13-14-21-19(22-16)23(17(11-8-2)12-9-3)18(24)15-20(4,5)6/h13-14,17H,7-12,15H2,1-6H3. The maximum absolute atomic E-state index is 13.1. The summed E-state index contributed by atoms with van der Waals surface area (Å²) in [6.45, 7) is 12.8. The smallest absolute Gasteiger partial charge is 0.232 e. The molecule has 136 valence electrons. The second-order valence-corrected chi connectivity index (χ2v) is 7.83. The van der Waals surface area contributed by atoms with Gasteiger partial charge in [0.1, 0.15) is 0 Å². The van der Waals surface area contributed by atoms with E-state index in [-0.39, 0.29) is 17.4 Å². The highest BCUT2D eigenvalue weighted by molar-refractivity contribution is 5.92. The zero-order valence-corrected chi connectivity index (χ0v) is 16.4. The molecule has 0 aromatic carbocycles. The van der Waals surface area contributed by atoms with E-state index >= 15 is 0 Å². The first-order chi connectivity index (χ1) is 11.3. The summed E-state index contributed by atoms with van der Waals surface area (Å²) in [5.41, 5.74) is 0.974. The lowest BCUT2D eigenvalue weighted by Gasteiger charge is -2.32. The van der Waals surface area contributed by atoms with E-state index in [1.807, 2.05) is 11.0 Å². The van der Waals surface area contributed by atoms with Crippen molar-refractivity contribution in [2.45, 2.75) is 92.5 Å². The molecule has 1 heterocycles. The van der Waals surface area contributed by atoms with Crippen LogP contribution in [-0.2, 0) is 11.2 Å². The average molecular weight is 334 g/mol. The van der Waals surface area contributed by atoms with Crippen LogP contribution in [0.2, 0.25) is 0 Å². The molecule has 1 amide bonds. The van der Waals surface area contributed by atoms with Crippen LogP contribution < -0.4 is 4.90 Å². The summed E-state index contributed by atoms with van der Waals surface area (Å²) in [6, 6.07) is 2.14. The van der Waals surface area contributed by atoms with E-state index in [0.29, 0.717) is 12.4 Å². The van der Waals surface area contributed by atoms with E-state index in [2.05, 4.69) is 46.5 Å². The van der Waals surface area contributed by atoms with Gasteiger partial charge in [0.2, 0.25) is 11.9 Å². The second kappa shape index (κ2) is 9.75. The van der Waals surface area contributed by atoms with Gasteiger partial charge in [-0.15, -0.1) is 0 Å². The van der Waals surface area contributed by atoms with Gasteiger partial charge in [0.15, 0.2) is 0 Å². The van der Waals surface area contributed by atoms with Gasteiger partial charge in [-0.2, -0.15) is 0 Å². The lowest BCUT2D eigenvalue weighted by Crippen LogP contribution is -2.43. The predicted molar refractivity (Wildman–Crippen MR) is 101 cm³/mol. The van der Waals surface area contributed by atoms with Gasteiger partial charge in [0.05, 0.1) is 0 Å². The third-order valence-electron chi connectivity index (χ3n) is 3.98. The van der Waals surface area contributed by atoms with E-state index < -0.39 is 0 Å². The highest BCUT2D eigenvalue weighted by Crippen LogP contribution is 2.26. The second-order valence-electron chi connectivity index (χ2n) is 7.83. The number of hydrogen-bond donors (Lipinski definition) is 0. The van der Waals surface area contributed by atoms with Crippen LogP contribution in [0.5, 0.6) is 0 Å². The van der Waals surface area contributed by atoms with Crippen molar-refractivity contribution in [1.29, 1.82) is 0 Å². The molecule has 0 saturated heterocycles.